The Hall–Kier alpha value is -4.36. The summed E-state index contributed by atoms with van der Waals surface area (Å²) in [7, 11) is 0. The highest BCUT2D eigenvalue weighted by Gasteiger charge is 2.49. The molecule has 0 aromatic heterocycles. The van der Waals surface area contributed by atoms with E-state index in [4.69, 9.17) is 14.2 Å². The van der Waals surface area contributed by atoms with E-state index in [1.807, 2.05) is 30.3 Å². The lowest BCUT2D eigenvalue weighted by molar-refractivity contribution is -0.384. The summed E-state index contributed by atoms with van der Waals surface area (Å²) < 4.78 is 18.6. The van der Waals surface area contributed by atoms with Crippen LogP contribution in [0.2, 0.25) is 0 Å². The Labute approximate surface area is 194 Å². The highest BCUT2D eigenvalue weighted by atomic mass is 16.6. The minimum absolute atomic E-state index is 0.0370. The first-order chi connectivity index (χ1) is 16.5. The second-order valence-electron chi connectivity index (χ2n) is 8.28. The molecule has 2 aliphatic rings. The molecule has 0 saturated carbocycles. The van der Waals surface area contributed by atoms with Crippen LogP contribution in [0.1, 0.15) is 27.8 Å². The molecule has 0 fully saturated rings. The lowest BCUT2D eigenvalue weighted by Crippen LogP contribution is -2.32. The molecule has 34 heavy (non-hydrogen) atoms. The molecule has 1 unspecified atom stereocenters. The van der Waals surface area contributed by atoms with Crippen LogP contribution in [0.4, 0.5) is 5.69 Å². The van der Waals surface area contributed by atoms with E-state index in [1.54, 1.807) is 30.3 Å². The predicted molar refractivity (Wildman–Crippen MR) is 123 cm³/mol. The average Bonchev–Trinajstić information content (AvgIpc) is 3.23. The molecule has 6 rings (SSSR count). The molecule has 4 aromatic rings. The van der Waals surface area contributed by atoms with Crippen LogP contribution in [0.3, 0.4) is 0 Å². The van der Waals surface area contributed by atoms with Crippen molar-refractivity contribution in [2.24, 2.45) is 0 Å². The van der Waals surface area contributed by atoms with E-state index in [1.165, 1.54) is 12.1 Å². The maximum absolute atomic E-state index is 10.9. The lowest BCUT2D eigenvalue weighted by atomic mass is 9.77. The van der Waals surface area contributed by atoms with Gasteiger partial charge in [-0.2, -0.15) is 0 Å². The van der Waals surface area contributed by atoms with Gasteiger partial charge in [0.2, 0.25) is 0 Å². The number of aromatic hydroxyl groups is 1. The normalized spacial score (nSPS) is 17.4. The third-order valence-electron chi connectivity index (χ3n) is 6.29. The Bertz CT molecular complexity index is 1430. The van der Waals surface area contributed by atoms with Crippen molar-refractivity contribution in [3.05, 3.63) is 123 Å². The number of nitro groups is 1. The van der Waals surface area contributed by atoms with Gasteiger partial charge in [-0.25, -0.2) is 0 Å². The van der Waals surface area contributed by atoms with E-state index in [2.05, 4.69) is 12.1 Å². The summed E-state index contributed by atoms with van der Waals surface area (Å²) in [4.78, 5) is 10.4. The SMILES string of the molecule is O=[N+]([O-])c1ccc(COc2ccc3c(c2)Oc2cc(O)ccc2C32OCc3ccccc32)cc1. The second-order valence-corrected chi connectivity index (χ2v) is 8.28. The zero-order valence-electron chi connectivity index (χ0n) is 17.9. The molecule has 1 atom stereocenters. The summed E-state index contributed by atoms with van der Waals surface area (Å²) in [6.45, 7) is 0.715. The van der Waals surface area contributed by atoms with E-state index in [9.17, 15) is 15.2 Å². The fourth-order valence-corrected chi connectivity index (χ4v) is 4.70. The van der Waals surface area contributed by atoms with E-state index in [-0.39, 0.29) is 18.0 Å². The van der Waals surface area contributed by atoms with Gasteiger partial charge < -0.3 is 19.3 Å². The summed E-state index contributed by atoms with van der Waals surface area (Å²) in [6.07, 6.45) is 0. The van der Waals surface area contributed by atoms with Crippen molar-refractivity contribution in [1.29, 1.82) is 0 Å². The van der Waals surface area contributed by atoms with Gasteiger partial charge >= 0.3 is 0 Å². The molecule has 2 heterocycles. The van der Waals surface area contributed by atoms with Crippen molar-refractivity contribution in [3.63, 3.8) is 0 Å². The lowest BCUT2D eigenvalue weighted by Gasteiger charge is -2.37. The van der Waals surface area contributed by atoms with Crippen LogP contribution >= 0.6 is 0 Å². The monoisotopic (exact) mass is 453 g/mol. The molecule has 0 amide bonds. The Kier molecular flexibility index (Phi) is 4.53. The van der Waals surface area contributed by atoms with Crippen LogP contribution in [-0.2, 0) is 23.6 Å². The van der Waals surface area contributed by atoms with Gasteiger partial charge in [-0.05, 0) is 53.1 Å². The number of nitrogens with zero attached hydrogens (tertiary/aromatic N) is 1. The number of hydrogen-bond donors (Lipinski definition) is 1. The van der Waals surface area contributed by atoms with Crippen LogP contribution in [0.15, 0.2) is 84.9 Å². The Morgan fingerprint density at radius 3 is 2.44 bits per heavy atom. The standard InChI is InChI=1S/C27H19NO6/c29-20-9-11-23-25(13-20)34-26-14-21(32-15-17-5-7-19(8-6-17)28(30)31)10-12-24(26)27(23)22-4-2-1-3-18(22)16-33-27/h1-14,29H,15-16H2. The van der Waals surface area contributed by atoms with Crippen molar-refractivity contribution in [2.45, 2.75) is 18.8 Å². The molecule has 0 radical (unpaired) electrons. The maximum atomic E-state index is 10.9. The fourth-order valence-electron chi connectivity index (χ4n) is 4.70. The van der Waals surface area contributed by atoms with Crippen molar-refractivity contribution in [3.8, 4) is 23.0 Å². The van der Waals surface area contributed by atoms with Gasteiger partial charge in [0.05, 0.1) is 11.5 Å². The highest BCUT2D eigenvalue weighted by Crippen LogP contribution is 2.56. The first-order valence-electron chi connectivity index (χ1n) is 10.8. The largest absolute Gasteiger partial charge is 0.508 e. The minimum atomic E-state index is -0.843. The molecule has 1 N–H and O–H groups in total. The Morgan fingerprint density at radius 2 is 1.65 bits per heavy atom. The van der Waals surface area contributed by atoms with Crippen LogP contribution in [-0.4, -0.2) is 10.0 Å². The van der Waals surface area contributed by atoms with Gasteiger partial charge in [0.15, 0.2) is 5.60 Å². The number of phenolic OH excluding ortho intramolecular Hbond substituents is 1. The van der Waals surface area contributed by atoms with Crippen LogP contribution in [0.25, 0.3) is 0 Å². The summed E-state index contributed by atoms with van der Waals surface area (Å²) in [5.41, 5.74) is 3.85. The molecule has 1 spiro atoms. The number of rotatable bonds is 4. The Balaban J connectivity index is 1.38. The van der Waals surface area contributed by atoms with Gasteiger partial charge in [0, 0.05) is 35.4 Å². The molecule has 168 valence electrons. The van der Waals surface area contributed by atoms with Crippen LogP contribution < -0.4 is 9.47 Å². The first-order valence-corrected chi connectivity index (χ1v) is 10.8. The van der Waals surface area contributed by atoms with Crippen molar-refractivity contribution >= 4 is 5.69 Å². The van der Waals surface area contributed by atoms with E-state index in [0.29, 0.717) is 23.9 Å². The van der Waals surface area contributed by atoms with Gasteiger partial charge in [0.25, 0.3) is 5.69 Å². The van der Waals surface area contributed by atoms with E-state index in [0.717, 1.165) is 27.8 Å². The average molecular weight is 453 g/mol. The van der Waals surface area contributed by atoms with E-state index >= 15 is 0 Å². The molecular formula is C27H19NO6. The predicted octanol–water partition coefficient (Wildman–Crippen LogP) is 5.81. The van der Waals surface area contributed by atoms with Crippen LogP contribution in [0, 0.1) is 10.1 Å². The quantitative estimate of drug-likeness (QED) is 0.310. The molecule has 4 aromatic carbocycles. The summed E-state index contributed by atoms with van der Waals surface area (Å²) >= 11 is 0. The van der Waals surface area contributed by atoms with Crippen molar-refractivity contribution < 1.29 is 24.2 Å². The third-order valence-corrected chi connectivity index (χ3v) is 6.29. The molecule has 7 nitrogen and oxygen atoms in total. The Morgan fingerprint density at radius 1 is 0.912 bits per heavy atom. The molecule has 0 saturated heterocycles. The topological polar surface area (TPSA) is 91.1 Å². The third kappa shape index (κ3) is 3.09. The van der Waals surface area contributed by atoms with Crippen molar-refractivity contribution in [1.82, 2.24) is 0 Å². The second kappa shape index (κ2) is 7.60. The zero-order valence-corrected chi connectivity index (χ0v) is 17.9. The highest BCUT2D eigenvalue weighted by molar-refractivity contribution is 5.65. The van der Waals surface area contributed by atoms with Crippen molar-refractivity contribution in [2.75, 3.05) is 0 Å². The molecule has 2 aliphatic heterocycles. The zero-order chi connectivity index (χ0) is 23.3. The summed E-state index contributed by atoms with van der Waals surface area (Å²) in [5, 5.41) is 20.9. The number of fused-ring (bicyclic) bond motifs is 6. The van der Waals surface area contributed by atoms with Gasteiger partial charge in [0.1, 0.15) is 29.6 Å². The summed E-state index contributed by atoms with van der Waals surface area (Å²) in [6, 6.07) is 25.0. The summed E-state index contributed by atoms with van der Waals surface area (Å²) in [5.74, 6) is 1.80. The minimum Gasteiger partial charge on any atom is -0.508 e. The van der Waals surface area contributed by atoms with Gasteiger partial charge in [-0.3, -0.25) is 10.1 Å². The molecule has 0 aliphatic carbocycles. The number of phenols is 1. The molecule has 0 bridgehead atoms. The first kappa shape index (κ1) is 20.3. The fraction of sp³-hybridized carbons (Fsp3) is 0.111. The molecular weight excluding hydrogens is 434 g/mol. The number of benzene rings is 4. The smallest absolute Gasteiger partial charge is 0.269 e. The number of hydrogen-bond acceptors (Lipinski definition) is 6. The van der Waals surface area contributed by atoms with Gasteiger partial charge in [-0.1, -0.05) is 24.3 Å². The molecule has 7 heteroatoms. The number of ether oxygens (including phenoxy) is 3. The number of nitro benzene ring substituents is 1. The van der Waals surface area contributed by atoms with E-state index < -0.39 is 10.5 Å². The van der Waals surface area contributed by atoms with Gasteiger partial charge in [-0.15, -0.1) is 0 Å². The number of non-ortho nitro benzene ring substituents is 1. The van der Waals surface area contributed by atoms with Crippen LogP contribution in [0.5, 0.6) is 23.0 Å². The maximum Gasteiger partial charge on any atom is 0.269 e.